The van der Waals surface area contributed by atoms with Crippen LogP contribution in [0, 0.1) is 0 Å². The molecule has 0 radical (unpaired) electrons. The molecule has 0 aromatic heterocycles. The van der Waals surface area contributed by atoms with Crippen molar-refractivity contribution in [1.82, 2.24) is 4.90 Å². The highest BCUT2D eigenvalue weighted by Crippen LogP contribution is 2.46. The lowest BCUT2D eigenvalue weighted by molar-refractivity contribution is -0.141. The normalized spacial score (nSPS) is 19.5. The van der Waals surface area contributed by atoms with E-state index < -0.39 is 23.5 Å². The number of hydrogen-bond donors (Lipinski definition) is 1. The van der Waals surface area contributed by atoms with Crippen molar-refractivity contribution in [2.24, 2.45) is 0 Å². The molecule has 0 bridgehead atoms. The summed E-state index contributed by atoms with van der Waals surface area (Å²) in [5.41, 5.74) is 5.40. The highest BCUT2D eigenvalue weighted by Gasteiger charge is 2.44. The number of carbonyl (C=O) groups is 2. The van der Waals surface area contributed by atoms with E-state index in [4.69, 9.17) is 4.74 Å². The number of halogens is 1. The Balaban J connectivity index is 1.40. The van der Waals surface area contributed by atoms with Crippen molar-refractivity contribution in [2.45, 2.75) is 17.3 Å². The Hall–Kier alpha value is -2.77. The predicted molar refractivity (Wildman–Crippen MR) is 128 cm³/mol. The van der Waals surface area contributed by atoms with Gasteiger partial charge in [0, 0.05) is 16.1 Å². The fourth-order valence-electron chi connectivity index (χ4n) is 4.51. The number of aliphatic carboxylic acids is 1. The van der Waals surface area contributed by atoms with E-state index in [1.165, 1.54) is 16.7 Å². The Morgan fingerprint density at radius 3 is 2.28 bits per heavy atom. The predicted octanol–water partition coefficient (Wildman–Crippen LogP) is 5.90. The van der Waals surface area contributed by atoms with Gasteiger partial charge >= 0.3 is 12.1 Å². The Kier molecular flexibility index (Phi) is 5.69. The summed E-state index contributed by atoms with van der Waals surface area (Å²) in [6, 6.07) is 22.9. The summed E-state index contributed by atoms with van der Waals surface area (Å²) < 4.78 is 6.66. The third kappa shape index (κ3) is 3.69. The molecular weight excluding hydrogens is 490 g/mol. The first-order chi connectivity index (χ1) is 15.5. The molecule has 0 spiro atoms. The summed E-state index contributed by atoms with van der Waals surface area (Å²) in [4.78, 5) is 26.5. The minimum atomic E-state index is -1.02. The second-order valence-electron chi connectivity index (χ2n) is 7.81. The lowest BCUT2D eigenvalue weighted by Gasteiger charge is -2.27. The van der Waals surface area contributed by atoms with Crippen molar-refractivity contribution >= 4 is 39.8 Å². The first-order valence-corrected chi connectivity index (χ1v) is 12.1. The molecule has 0 saturated carbocycles. The molecule has 1 heterocycles. The van der Waals surface area contributed by atoms with Crippen LogP contribution in [-0.4, -0.2) is 40.5 Å². The van der Waals surface area contributed by atoms with Crippen LogP contribution in [-0.2, 0) is 9.53 Å². The summed E-state index contributed by atoms with van der Waals surface area (Å²) >= 11 is 4.89. The summed E-state index contributed by atoms with van der Waals surface area (Å²) in [5.74, 6) is -0.783. The average molecular weight is 510 g/mol. The minimum absolute atomic E-state index is 0.0748. The van der Waals surface area contributed by atoms with E-state index in [9.17, 15) is 14.7 Å². The van der Waals surface area contributed by atoms with Gasteiger partial charge in [0.05, 0.1) is 0 Å². The van der Waals surface area contributed by atoms with Crippen LogP contribution in [0.4, 0.5) is 4.79 Å². The van der Waals surface area contributed by atoms with Crippen molar-refractivity contribution in [3.8, 4) is 11.1 Å². The third-order valence-corrected chi connectivity index (χ3v) is 7.78. The number of amides is 1. The number of carboxylic acids is 1. The number of carboxylic acid groups (broad SMARTS) is 1. The highest BCUT2D eigenvalue weighted by atomic mass is 79.9. The Bertz CT molecular complexity index is 1150. The van der Waals surface area contributed by atoms with E-state index >= 15 is 0 Å². The molecule has 1 N–H and O–H groups in total. The van der Waals surface area contributed by atoms with Crippen LogP contribution in [0.2, 0.25) is 0 Å². The summed E-state index contributed by atoms with van der Waals surface area (Å²) in [6.07, 6.45) is -0.603. The van der Waals surface area contributed by atoms with Gasteiger partial charge in [-0.25, -0.2) is 9.59 Å². The molecule has 3 aromatic rings. The smallest absolute Gasteiger partial charge is 0.411 e. The number of thioether (sulfide) groups is 1. The van der Waals surface area contributed by atoms with E-state index in [-0.39, 0.29) is 12.5 Å². The number of hydrogen-bond acceptors (Lipinski definition) is 4. The second-order valence-corrected chi connectivity index (χ2v) is 9.83. The molecule has 5 rings (SSSR count). The molecule has 32 heavy (non-hydrogen) atoms. The zero-order valence-corrected chi connectivity index (χ0v) is 19.4. The van der Waals surface area contributed by atoms with Crippen LogP contribution >= 0.6 is 27.7 Å². The fraction of sp³-hybridized carbons (Fsp3) is 0.200. The standard InChI is InChI=1S/C25H20BrNO4S/c26-16-7-5-6-15(12-16)23-27(22(14-32-23)24(28)29)25(30)31-13-21-19-10-3-1-8-17(19)18-9-2-4-11-20(18)21/h1-12,21-23H,13-14H2,(H,28,29). The van der Waals surface area contributed by atoms with E-state index in [0.29, 0.717) is 5.75 Å². The largest absolute Gasteiger partial charge is 0.480 e. The van der Waals surface area contributed by atoms with Crippen molar-refractivity contribution in [1.29, 1.82) is 0 Å². The molecule has 1 amide bonds. The zero-order chi connectivity index (χ0) is 22.2. The van der Waals surface area contributed by atoms with Gasteiger partial charge in [-0.15, -0.1) is 11.8 Å². The Morgan fingerprint density at radius 2 is 1.66 bits per heavy atom. The molecule has 1 fully saturated rings. The van der Waals surface area contributed by atoms with Gasteiger partial charge in [0.1, 0.15) is 18.0 Å². The number of carbonyl (C=O) groups excluding carboxylic acids is 1. The molecule has 5 nitrogen and oxygen atoms in total. The Labute approximate surface area is 198 Å². The molecule has 1 aliphatic carbocycles. The maximum Gasteiger partial charge on any atom is 0.411 e. The zero-order valence-electron chi connectivity index (χ0n) is 17.0. The molecule has 2 atom stereocenters. The van der Waals surface area contributed by atoms with Gasteiger partial charge in [-0.05, 0) is 39.9 Å². The molecule has 3 aromatic carbocycles. The third-order valence-electron chi connectivity index (χ3n) is 5.97. The van der Waals surface area contributed by atoms with Gasteiger partial charge in [0.25, 0.3) is 0 Å². The van der Waals surface area contributed by atoms with Crippen LogP contribution in [0.5, 0.6) is 0 Å². The van der Waals surface area contributed by atoms with E-state index in [1.807, 2.05) is 48.5 Å². The van der Waals surface area contributed by atoms with Crippen LogP contribution in [0.1, 0.15) is 28.0 Å². The molecule has 2 unspecified atom stereocenters. The fourth-order valence-corrected chi connectivity index (χ4v) is 6.32. The van der Waals surface area contributed by atoms with Gasteiger partial charge in [-0.3, -0.25) is 4.90 Å². The minimum Gasteiger partial charge on any atom is -0.480 e. The van der Waals surface area contributed by atoms with E-state index in [0.717, 1.165) is 32.3 Å². The van der Waals surface area contributed by atoms with Crippen LogP contribution in [0.25, 0.3) is 11.1 Å². The van der Waals surface area contributed by atoms with Gasteiger partial charge in [-0.2, -0.15) is 0 Å². The summed E-state index contributed by atoms with van der Waals surface area (Å²) in [7, 11) is 0. The molecular formula is C25H20BrNO4S. The number of nitrogens with zero attached hydrogens (tertiary/aromatic N) is 1. The molecule has 162 valence electrons. The maximum atomic E-state index is 13.2. The van der Waals surface area contributed by atoms with Gasteiger partial charge in [-0.1, -0.05) is 76.6 Å². The van der Waals surface area contributed by atoms with Crippen molar-refractivity contribution in [3.05, 3.63) is 94.0 Å². The van der Waals surface area contributed by atoms with Crippen molar-refractivity contribution in [2.75, 3.05) is 12.4 Å². The van der Waals surface area contributed by atoms with E-state index in [1.54, 1.807) is 0 Å². The first kappa shape index (κ1) is 21.1. The van der Waals surface area contributed by atoms with Crippen molar-refractivity contribution < 1.29 is 19.4 Å². The molecule has 2 aliphatic rings. The van der Waals surface area contributed by atoms with Gasteiger partial charge in [0.15, 0.2) is 0 Å². The average Bonchev–Trinajstić information content (AvgIpc) is 3.38. The van der Waals surface area contributed by atoms with Gasteiger partial charge in [0.2, 0.25) is 0 Å². The van der Waals surface area contributed by atoms with Gasteiger partial charge < -0.3 is 9.84 Å². The van der Waals surface area contributed by atoms with Crippen molar-refractivity contribution in [3.63, 3.8) is 0 Å². The molecule has 1 aliphatic heterocycles. The SMILES string of the molecule is O=C(O)C1CSC(c2cccc(Br)c2)N1C(=O)OCC1c2ccccc2-c2ccccc21. The summed E-state index contributed by atoms with van der Waals surface area (Å²) in [6.45, 7) is 0.158. The number of ether oxygens (including phenoxy) is 1. The lowest BCUT2D eigenvalue weighted by Crippen LogP contribution is -2.43. The highest BCUT2D eigenvalue weighted by molar-refractivity contribution is 9.10. The summed E-state index contributed by atoms with van der Waals surface area (Å²) in [5, 5.41) is 9.31. The number of benzene rings is 3. The topological polar surface area (TPSA) is 66.8 Å². The number of rotatable bonds is 4. The van der Waals surface area contributed by atoms with E-state index in [2.05, 4.69) is 40.2 Å². The molecule has 7 heteroatoms. The number of fused-ring (bicyclic) bond motifs is 3. The van der Waals surface area contributed by atoms with Crippen LogP contribution in [0.3, 0.4) is 0 Å². The van der Waals surface area contributed by atoms with Crippen LogP contribution in [0.15, 0.2) is 77.3 Å². The molecule has 1 saturated heterocycles. The quantitative estimate of drug-likeness (QED) is 0.474. The second kappa shape index (κ2) is 8.64. The first-order valence-electron chi connectivity index (χ1n) is 10.3. The monoisotopic (exact) mass is 509 g/mol. The Morgan fingerprint density at radius 1 is 1.00 bits per heavy atom. The van der Waals surface area contributed by atoms with Crippen LogP contribution < -0.4 is 0 Å². The maximum absolute atomic E-state index is 13.2. The lowest BCUT2D eigenvalue weighted by atomic mass is 9.98.